The Kier molecular flexibility index (Phi) is 3.60. The molecule has 1 heterocycles. The highest BCUT2D eigenvalue weighted by Crippen LogP contribution is 2.39. The van der Waals surface area contributed by atoms with E-state index in [1.807, 2.05) is 19.1 Å². The molecule has 2 aliphatic rings. The van der Waals surface area contributed by atoms with Gasteiger partial charge in [0.05, 0.1) is 4.90 Å². The zero-order chi connectivity index (χ0) is 14.3. The summed E-state index contributed by atoms with van der Waals surface area (Å²) < 4.78 is 27.0. The second-order valence-electron chi connectivity index (χ2n) is 6.13. The number of rotatable bonds is 3. The molecule has 0 aromatic heterocycles. The zero-order valence-corrected chi connectivity index (χ0v) is 12.6. The molecule has 3 rings (SSSR count). The van der Waals surface area contributed by atoms with Gasteiger partial charge in [0.2, 0.25) is 10.0 Å². The van der Waals surface area contributed by atoms with Gasteiger partial charge in [-0.1, -0.05) is 18.6 Å². The number of benzene rings is 1. The summed E-state index contributed by atoms with van der Waals surface area (Å²) in [4.78, 5) is 0.391. The molecule has 2 fully saturated rings. The first kappa shape index (κ1) is 14.0. The molecule has 5 heteroatoms. The van der Waals surface area contributed by atoms with Gasteiger partial charge in [-0.15, -0.1) is 0 Å². The van der Waals surface area contributed by atoms with Gasteiger partial charge < -0.3 is 5.73 Å². The van der Waals surface area contributed by atoms with E-state index in [1.54, 1.807) is 16.4 Å². The molecule has 2 N–H and O–H groups in total. The van der Waals surface area contributed by atoms with E-state index in [1.165, 1.54) is 19.3 Å². The van der Waals surface area contributed by atoms with Crippen LogP contribution in [0.5, 0.6) is 0 Å². The van der Waals surface area contributed by atoms with E-state index in [9.17, 15) is 8.42 Å². The van der Waals surface area contributed by atoms with E-state index in [2.05, 4.69) is 0 Å². The van der Waals surface area contributed by atoms with E-state index in [4.69, 9.17) is 5.73 Å². The molecule has 0 radical (unpaired) electrons. The largest absolute Gasteiger partial charge is 0.324 e. The van der Waals surface area contributed by atoms with Crippen LogP contribution >= 0.6 is 0 Å². The normalized spacial score (nSPS) is 28.5. The van der Waals surface area contributed by atoms with Crippen molar-refractivity contribution in [3.05, 3.63) is 29.8 Å². The van der Waals surface area contributed by atoms with Crippen LogP contribution in [0.1, 0.15) is 37.8 Å². The van der Waals surface area contributed by atoms with Gasteiger partial charge >= 0.3 is 0 Å². The Morgan fingerprint density at radius 2 is 1.70 bits per heavy atom. The topological polar surface area (TPSA) is 63.4 Å². The molecule has 0 bridgehead atoms. The monoisotopic (exact) mass is 294 g/mol. The van der Waals surface area contributed by atoms with Crippen molar-refractivity contribution in [1.82, 2.24) is 4.31 Å². The van der Waals surface area contributed by atoms with Crippen LogP contribution < -0.4 is 5.73 Å². The molecule has 3 atom stereocenters. The van der Waals surface area contributed by atoms with Crippen LogP contribution in [0, 0.1) is 11.8 Å². The predicted octanol–water partition coefficient (Wildman–Crippen LogP) is 2.13. The summed E-state index contributed by atoms with van der Waals surface area (Å²) in [6, 6.07) is 6.92. The van der Waals surface area contributed by atoms with Crippen molar-refractivity contribution in [1.29, 1.82) is 0 Å². The molecule has 4 nitrogen and oxygen atoms in total. The van der Waals surface area contributed by atoms with Crippen LogP contribution in [-0.2, 0) is 10.0 Å². The van der Waals surface area contributed by atoms with E-state index < -0.39 is 10.0 Å². The molecule has 0 spiro atoms. The van der Waals surface area contributed by atoms with Crippen LogP contribution in [-0.4, -0.2) is 25.8 Å². The first-order valence-electron chi connectivity index (χ1n) is 7.34. The summed E-state index contributed by atoms with van der Waals surface area (Å²) in [7, 11) is -3.33. The maximum absolute atomic E-state index is 12.6. The van der Waals surface area contributed by atoms with Crippen molar-refractivity contribution in [3.8, 4) is 0 Å². The second kappa shape index (κ2) is 5.13. The molecule has 1 aliphatic carbocycles. The van der Waals surface area contributed by atoms with Crippen LogP contribution in [0.25, 0.3) is 0 Å². The van der Waals surface area contributed by atoms with Gasteiger partial charge in [-0.2, -0.15) is 4.31 Å². The summed E-state index contributed by atoms with van der Waals surface area (Å²) in [5.41, 5.74) is 6.76. The SMILES string of the molecule is CC(N)c1ccc(S(=O)(=O)N2CC3CCCC3C2)cc1. The molecule has 1 saturated heterocycles. The molecule has 1 aromatic rings. The third-order valence-corrected chi connectivity index (χ3v) is 6.58. The lowest BCUT2D eigenvalue weighted by atomic mass is 10.0. The summed E-state index contributed by atoms with van der Waals surface area (Å²) in [5.74, 6) is 1.15. The molecular formula is C15H22N2O2S. The summed E-state index contributed by atoms with van der Waals surface area (Å²) in [5, 5.41) is 0. The van der Waals surface area contributed by atoms with Crippen molar-refractivity contribution in [2.24, 2.45) is 17.6 Å². The average molecular weight is 294 g/mol. The zero-order valence-electron chi connectivity index (χ0n) is 11.8. The van der Waals surface area contributed by atoms with E-state index in [0.29, 0.717) is 29.8 Å². The fraction of sp³-hybridized carbons (Fsp3) is 0.600. The average Bonchev–Trinajstić information content (AvgIpc) is 2.99. The van der Waals surface area contributed by atoms with Crippen LogP contribution in [0.15, 0.2) is 29.2 Å². The quantitative estimate of drug-likeness (QED) is 0.929. The number of hydrogen-bond acceptors (Lipinski definition) is 3. The van der Waals surface area contributed by atoms with Gasteiger partial charge in [0.1, 0.15) is 0 Å². The van der Waals surface area contributed by atoms with Crippen molar-refractivity contribution in [2.75, 3.05) is 13.1 Å². The Labute approximate surface area is 121 Å². The van der Waals surface area contributed by atoms with Crippen LogP contribution in [0.3, 0.4) is 0 Å². The molecular weight excluding hydrogens is 272 g/mol. The highest BCUT2D eigenvalue weighted by molar-refractivity contribution is 7.89. The Bertz CT molecular complexity index is 568. The van der Waals surface area contributed by atoms with Crippen molar-refractivity contribution >= 4 is 10.0 Å². The molecule has 3 unspecified atom stereocenters. The molecule has 110 valence electrons. The standard InChI is InChI=1S/C15H22N2O2S/c1-11(16)12-5-7-15(8-6-12)20(18,19)17-9-13-3-2-4-14(13)10-17/h5-8,11,13-14H,2-4,9-10,16H2,1H3. The third-order valence-electron chi connectivity index (χ3n) is 4.74. The number of nitrogens with two attached hydrogens (primary N) is 1. The van der Waals surface area contributed by atoms with Crippen molar-refractivity contribution in [3.63, 3.8) is 0 Å². The lowest BCUT2D eigenvalue weighted by molar-refractivity contribution is 0.445. The molecule has 0 amide bonds. The third kappa shape index (κ3) is 2.38. The van der Waals surface area contributed by atoms with E-state index in [-0.39, 0.29) is 6.04 Å². The molecule has 1 aromatic carbocycles. The number of fused-ring (bicyclic) bond motifs is 1. The fourth-order valence-electron chi connectivity index (χ4n) is 3.48. The number of hydrogen-bond donors (Lipinski definition) is 1. The molecule has 20 heavy (non-hydrogen) atoms. The van der Waals surface area contributed by atoms with Gasteiger partial charge in [-0.05, 0) is 49.3 Å². The Morgan fingerprint density at radius 1 is 1.15 bits per heavy atom. The number of sulfonamides is 1. The summed E-state index contributed by atoms with van der Waals surface area (Å²) in [6.07, 6.45) is 3.62. The predicted molar refractivity (Wildman–Crippen MR) is 78.6 cm³/mol. The highest BCUT2D eigenvalue weighted by atomic mass is 32.2. The Morgan fingerprint density at radius 3 is 2.20 bits per heavy atom. The minimum absolute atomic E-state index is 0.0714. The van der Waals surface area contributed by atoms with Crippen LogP contribution in [0.2, 0.25) is 0 Å². The lowest BCUT2D eigenvalue weighted by Gasteiger charge is -2.17. The number of nitrogens with zero attached hydrogens (tertiary/aromatic N) is 1. The first-order chi connectivity index (χ1) is 9.48. The minimum Gasteiger partial charge on any atom is -0.324 e. The van der Waals surface area contributed by atoms with Gasteiger partial charge in [0.25, 0.3) is 0 Å². The van der Waals surface area contributed by atoms with Crippen molar-refractivity contribution in [2.45, 2.75) is 37.1 Å². The van der Waals surface area contributed by atoms with Gasteiger partial charge in [-0.3, -0.25) is 0 Å². The van der Waals surface area contributed by atoms with Gasteiger partial charge in [0.15, 0.2) is 0 Å². The second-order valence-corrected chi connectivity index (χ2v) is 8.07. The smallest absolute Gasteiger partial charge is 0.243 e. The Hall–Kier alpha value is -0.910. The highest BCUT2D eigenvalue weighted by Gasteiger charge is 2.41. The lowest BCUT2D eigenvalue weighted by Crippen LogP contribution is -2.29. The molecule has 1 aliphatic heterocycles. The van der Waals surface area contributed by atoms with Crippen molar-refractivity contribution < 1.29 is 8.42 Å². The maximum Gasteiger partial charge on any atom is 0.243 e. The van der Waals surface area contributed by atoms with Gasteiger partial charge in [0, 0.05) is 19.1 Å². The van der Waals surface area contributed by atoms with E-state index >= 15 is 0 Å². The summed E-state index contributed by atoms with van der Waals surface area (Å²) >= 11 is 0. The fourth-order valence-corrected chi connectivity index (χ4v) is 5.03. The minimum atomic E-state index is -3.33. The van der Waals surface area contributed by atoms with E-state index in [0.717, 1.165) is 5.56 Å². The maximum atomic E-state index is 12.6. The summed E-state index contributed by atoms with van der Waals surface area (Å²) in [6.45, 7) is 3.29. The van der Waals surface area contributed by atoms with Crippen LogP contribution in [0.4, 0.5) is 0 Å². The van der Waals surface area contributed by atoms with Gasteiger partial charge in [-0.25, -0.2) is 8.42 Å². The first-order valence-corrected chi connectivity index (χ1v) is 8.78. The Balaban J connectivity index is 1.81. The molecule has 1 saturated carbocycles.